The maximum absolute atomic E-state index is 11.9. The van der Waals surface area contributed by atoms with Gasteiger partial charge < -0.3 is 9.88 Å². The SMILES string of the molecule is CC#CC(=O)N1CCc2[nH]c3c(Cl)cc(Cl)cc3c2C1. The third-order valence-electron chi connectivity index (χ3n) is 3.52. The predicted octanol–water partition coefficient (Wildman–Crippen LogP) is 3.38. The summed E-state index contributed by atoms with van der Waals surface area (Å²) in [5.41, 5.74) is 3.09. The number of halogens is 2. The van der Waals surface area contributed by atoms with Gasteiger partial charge in [0.2, 0.25) is 0 Å². The number of carbonyl (C=O) groups is 1. The van der Waals surface area contributed by atoms with Crippen LogP contribution in [0.1, 0.15) is 18.2 Å². The number of rotatable bonds is 0. The molecular weight excluding hydrogens is 295 g/mol. The number of hydrogen-bond donors (Lipinski definition) is 1. The highest BCUT2D eigenvalue weighted by Gasteiger charge is 2.24. The van der Waals surface area contributed by atoms with Crippen molar-refractivity contribution in [3.05, 3.63) is 33.4 Å². The Labute approximate surface area is 126 Å². The molecule has 1 N–H and O–H groups in total. The molecule has 0 unspecified atom stereocenters. The molecular formula is C15H12Cl2N2O. The monoisotopic (exact) mass is 306 g/mol. The average Bonchev–Trinajstić information content (AvgIpc) is 2.77. The summed E-state index contributed by atoms with van der Waals surface area (Å²) < 4.78 is 0. The molecule has 0 saturated heterocycles. The third-order valence-corrected chi connectivity index (χ3v) is 4.04. The third kappa shape index (κ3) is 2.15. The predicted molar refractivity (Wildman–Crippen MR) is 80.9 cm³/mol. The Hall–Kier alpha value is -1.63. The lowest BCUT2D eigenvalue weighted by atomic mass is 10.0. The van der Waals surface area contributed by atoms with Crippen LogP contribution in [0.15, 0.2) is 12.1 Å². The summed E-state index contributed by atoms with van der Waals surface area (Å²) in [6, 6.07) is 3.61. The van der Waals surface area contributed by atoms with Gasteiger partial charge in [-0.1, -0.05) is 29.1 Å². The molecule has 0 bridgehead atoms. The van der Waals surface area contributed by atoms with Crippen molar-refractivity contribution in [2.75, 3.05) is 6.54 Å². The maximum atomic E-state index is 11.9. The first-order chi connectivity index (χ1) is 9.60. The van der Waals surface area contributed by atoms with Crippen LogP contribution in [0, 0.1) is 11.8 Å². The van der Waals surface area contributed by atoms with Crippen molar-refractivity contribution in [2.45, 2.75) is 19.9 Å². The molecule has 102 valence electrons. The van der Waals surface area contributed by atoms with E-state index in [1.807, 2.05) is 6.07 Å². The normalized spacial score (nSPS) is 13.8. The van der Waals surface area contributed by atoms with E-state index in [1.165, 1.54) is 0 Å². The topological polar surface area (TPSA) is 36.1 Å². The summed E-state index contributed by atoms with van der Waals surface area (Å²) in [5.74, 6) is 5.09. The van der Waals surface area contributed by atoms with Crippen LogP contribution in [0.25, 0.3) is 10.9 Å². The van der Waals surface area contributed by atoms with Gasteiger partial charge in [-0.25, -0.2) is 0 Å². The lowest BCUT2D eigenvalue weighted by Gasteiger charge is -2.25. The van der Waals surface area contributed by atoms with Gasteiger partial charge in [0.1, 0.15) is 0 Å². The van der Waals surface area contributed by atoms with Gasteiger partial charge in [-0.05, 0) is 25.0 Å². The fourth-order valence-electron chi connectivity index (χ4n) is 2.60. The molecule has 5 heteroatoms. The molecule has 1 aromatic carbocycles. The molecule has 0 fully saturated rings. The second-order valence-corrected chi connectivity index (χ2v) is 5.59. The zero-order valence-corrected chi connectivity index (χ0v) is 12.4. The number of nitrogens with zero attached hydrogens (tertiary/aromatic N) is 1. The van der Waals surface area contributed by atoms with Crippen molar-refractivity contribution in [3.8, 4) is 11.8 Å². The smallest absolute Gasteiger partial charge is 0.298 e. The number of hydrogen-bond acceptors (Lipinski definition) is 1. The molecule has 0 radical (unpaired) electrons. The molecule has 2 aromatic rings. The molecule has 0 atom stereocenters. The Bertz CT molecular complexity index is 767. The number of amides is 1. The molecule has 0 spiro atoms. The van der Waals surface area contributed by atoms with E-state index < -0.39 is 0 Å². The highest BCUT2D eigenvalue weighted by molar-refractivity contribution is 6.38. The first-order valence-electron chi connectivity index (χ1n) is 6.30. The lowest BCUT2D eigenvalue weighted by Crippen LogP contribution is -2.34. The minimum Gasteiger partial charge on any atom is -0.357 e. The van der Waals surface area contributed by atoms with E-state index in [-0.39, 0.29) is 5.91 Å². The second kappa shape index (κ2) is 5.05. The Kier molecular flexibility index (Phi) is 3.37. The van der Waals surface area contributed by atoms with Crippen molar-refractivity contribution in [2.24, 2.45) is 0 Å². The van der Waals surface area contributed by atoms with Crippen molar-refractivity contribution in [1.82, 2.24) is 9.88 Å². The molecule has 20 heavy (non-hydrogen) atoms. The van der Waals surface area contributed by atoms with Crippen molar-refractivity contribution < 1.29 is 4.79 Å². The first-order valence-corrected chi connectivity index (χ1v) is 7.06. The van der Waals surface area contributed by atoms with E-state index in [2.05, 4.69) is 16.8 Å². The highest BCUT2D eigenvalue weighted by atomic mass is 35.5. The van der Waals surface area contributed by atoms with E-state index in [9.17, 15) is 4.79 Å². The number of carbonyl (C=O) groups excluding carboxylic acids is 1. The van der Waals surface area contributed by atoms with Gasteiger partial charge >= 0.3 is 0 Å². The van der Waals surface area contributed by atoms with Crippen molar-refractivity contribution in [1.29, 1.82) is 0 Å². The number of nitrogens with one attached hydrogen (secondary N) is 1. The summed E-state index contributed by atoms with van der Waals surface area (Å²) in [7, 11) is 0. The molecule has 1 aromatic heterocycles. The summed E-state index contributed by atoms with van der Waals surface area (Å²) in [6.07, 6.45) is 0.773. The van der Waals surface area contributed by atoms with Crippen LogP contribution >= 0.6 is 23.2 Å². The van der Waals surface area contributed by atoms with Crippen LogP contribution in [0.3, 0.4) is 0 Å². The number of aromatic nitrogens is 1. The first kappa shape index (κ1) is 13.4. The second-order valence-electron chi connectivity index (χ2n) is 4.74. The van der Waals surface area contributed by atoms with Gasteiger partial charge in [0.25, 0.3) is 5.91 Å². The van der Waals surface area contributed by atoms with E-state index >= 15 is 0 Å². The number of fused-ring (bicyclic) bond motifs is 3. The Balaban J connectivity index is 2.07. The quantitative estimate of drug-likeness (QED) is 0.744. The average molecular weight is 307 g/mol. The van der Waals surface area contributed by atoms with Gasteiger partial charge in [-0.15, -0.1) is 0 Å². The van der Waals surface area contributed by atoms with Gasteiger partial charge in [0.05, 0.1) is 10.5 Å². The van der Waals surface area contributed by atoms with E-state index in [0.29, 0.717) is 23.1 Å². The summed E-state index contributed by atoms with van der Waals surface area (Å²) in [5, 5.41) is 2.19. The minimum atomic E-state index is -0.138. The van der Waals surface area contributed by atoms with Gasteiger partial charge in [0, 0.05) is 41.2 Å². The minimum absolute atomic E-state index is 0.138. The molecule has 3 rings (SSSR count). The molecule has 3 nitrogen and oxygen atoms in total. The van der Waals surface area contributed by atoms with Gasteiger partial charge in [0.15, 0.2) is 0 Å². The van der Waals surface area contributed by atoms with Crippen LogP contribution in [0.2, 0.25) is 10.0 Å². The zero-order chi connectivity index (χ0) is 14.3. The van der Waals surface area contributed by atoms with Crippen molar-refractivity contribution in [3.63, 3.8) is 0 Å². The number of benzene rings is 1. The fourth-order valence-corrected chi connectivity index (χ4v) is 3.14. The van der Waals surface area contributed by atoms with Crippen LogP contribution in [0.5, 0.6) is 0 Å². The molecule has 2 heterocycles. The standard InChI is InChI=1S/C15H12Cl2N2O/c1-2-3-14(20)19-5-4-13-11(8-19)10-6-9(16)7-12(17)15(10)18-13/h6-7,18H,4-5,8H2,1H3. The van der Waals surface area contributed by atoms with Crippen molar-refractivity contribution >= 4 is 40.0 Å². The van der Waals surface area contributed by atoms with E-state index in [0.717, 1.165) is 28.6 Å². The molecule has 1 aliphatic rings. The number of H-pyrrole nitrogens is 1. The molecule has 0 aliphatic carbocycles. The van der Waals surface area contributed by atoms with Crippen LogP contribution < -0.4 is 0 Å². The molecule has 0 saturated carbocycles. The Morgan fingerprint density at radius 1 is 1.40 bits per heavy atom. The summed E-state index contributed by atoms with van der Waals surface area (Å²) >= 11 is 12.3. The van der Waals surface area contributed by atoms with Gasteiger partial charge in [-0.2, -0.15) is 0 Å². The maximum Gasteiger partial charge on any atom is 0.298 e. The highest BCUT2D eigenvalue weighted by Crippen LogP contribution is 2.34. The lowest BCUT2D eigenvalue weighted by molar-refractivity contribution is -0.125. The summed E-state index contributed by atoms with van der Waals surface area (Å²) in [4.78, 5) is 17.0. The van der Waals surface area contributed by atoms with Crippen LogP contribution in [0.4, 0.5) is 0 Å². The fraction of sp³-hybridized carbons (Fsp3) is 0.267. The van der Waals surface area contributed by atoms with E-state index in [1.54, 1.807) is 17.9 Å². The van der Waals surface area contributed by atoms with E-state index in [4.69, 9.17) is 23.2 Å². The van der Waals surface area contributed by atoms with Crippen LogP contribution in [-0.4, -0.2) is 22.3 Å². The Morgan fingerprint density at radius 3 is 2.95 bits per heavy atom. The number of aromatic amines is 1. The molecule has 1 aliphatic heterocycles. The Morgan fingerprint density at radius 2 is 2.20 bits per heavy atom. The van der Waals surface area contributed by atoms with Crippen LogP contribution in [-0.2, 0) is 17.8 Å². The molecule has 1 amide bonds. The van der Waals surface area contributed by atoms with Gasteiger partial charge in [-0.3, -0.25) is 4.79 Å². The summed E-state index contributed by atoms with van der Waals surface area (Å²) in [6.45, 7) is 2.87. The largest absolute Gasteiger partial charge is 0.357 e. The zero-order valence-electron chi connectivity index (χ0n) is 10.9.